The van der Waals surface area contributed by atoms with Crippen LogP contribution in [0.4, 0.5) is 0 Å². The van der Waals surface area contributed by atoms with E-state index in [-0.39, 0.29) is 24.0 Å². The summed E-state index contributed by atoms with van der Waals surface area (Å²) in [6, 6.07) is 2.31. The molecule has 3 fully saturated rings. The van der Waals surface area contributed by atoms with E-state index in [1.54, 1.807) is 0 Å². The molecule has 6 heteroatoms. The van der Waals surface area contributed by atoms with Crippen molar-refractivity contribution in [3.8, 4) is 0 Å². The summed E-state index contributed by atoms with van der Waals surface area (Å²) >= 11 is 0. The van der Waals surface area contributed by atoms with Crippen molar-refractivity contribution in [1.82, 2.24) is 20.4 Å². The molecule has 2 N–H and O–H groups in total. The van der Waals surface area contributed by atoms with Gasteiger partial charge in [-0.3, -0.25) is 4.99 Å². The summed E-state index contributed by atoms with van der Waals surface area (Å²) in [7, 11) is 4.15. The van der Waals surface area contributed by atoms with Gasteiger partial charge in [-0.1, -0.05) is 12.8 Å². The van der Waals surface area contributed by atoms with Gasteiger partial charge in [0.2, 0.25) is 0 Å². The molecule has 140 valence electrons. The summed E-state index contributed by atoms with van der Waals surface area (Å²) in [6.07, 6.45) is 10.9. The molecule has 0 aromatic rings. The molecule has 2 saturated carbocycles. The predicted octanol–water partition coefficient (Wildman–Crippen LogP) is 2.27. The van der Waals surface area contributed by atoms with Crippen molar-refractivity contribution in [2.75, 3.05) is 40.3 Å². The zero-order chi connectivity index (χ0) is 16.1. The van der Waals surface area contributed by atoms with Gasteiger partial charge in [0, 0.05) is 51.4 Å². The van der Waals surface area contributed by atoms with Crippen LogP contribution in [0.15, 0.2) is 4.99 Å². The van der Waals surface area contributed by atoms with Crippen LogP contribution in [0.3, 0.4) is 0 Å². The first kappa shape index (κ1) is 20.2. The standard InChI is InChI=1S/C18H35N5.HI/c1-19-18(20-11-14-22(2)16-5-3-4-6-16)21-15-9-12-23(13-10-15)17-7-8-17;/h15-17H,3-14H2,1-2H3,(H2,19,20,21);1H. The minimum atomic E-state index is 0. The third kappa shape index (κ3) is 6.02. The van der Waals surface area contributed by atoms with E-state index in [1.807, 2.05) is 7.05 Å². The number of hydrogen-bond acceptors (Lipinski definition) is 3. The van der Waals surface area contributed by atoms with E-state index in [4.69, 9.17) is 0 Å². The van der Waals surface area contributed by atoms with E-state index in [2.05, 4.69) is 32.5 Å². The molecule has 0 aromatic heterocycles. The van der Waals surface area contributed by atoms with Crippen LogP contribution in [0.1, 0.15) is 51.4 Å². The first-order valence-electron chi connectivity index (χ1n) is 9.67. The molecule has 24 heavy (non-hydrogen) atoms. The molecule has 3 rings (SSSR count). The Morgan fingerprint density at radius 3 is 2.33 bits per heavy atom. The Labute approximate surface area is 165 Å². The lowest BCUT2D eigenvalue weighted by atomic mass is 10.1. The number of nitrogens with one attached hydrogen (secondary N) is 2. The summed E-state index contributed by atoms with van der Waals surface area (Å²) in [5, 5.41) is 7.12. The van der Waals surface area contributed by atoms with E-state index in [9.17, 15) is 0 Å². The minimum absolute atomic E-state index is 0. The van der Waals surface area contributed by atoms with E-state index in [1.165, 1.54) is 64.5 Å². The van der Waals surface area contributed by atoms with E-state index in [0.29, 0.717) is 6.04 Å². The number of likely N-dealkylation sites (N-methyl/N-ethyl adjacent to an activating group) is 1. The highest BCUT2D eigenvalue weighted by Crippen LogP contribution is 2.29. The number of piperidine rings is 1. The molecule has 0 unspecified atom stereocenters. The molecule has 2 aliphatic carbocycles. The number of nitrogens with zero attached hydrogens (tertiary/aromatic N) is 3. The molecular formula is C18H36IN5. The Hall–Kier alpha value is -0.0800. The molecule has 1 heterocycles. The van der Waals surface area contributed by atoms with Gasteiger partial charge in [-0.05, 0) is 45.6 Å². The van der Waals surface area contributed by atoms with Crippen LogP contribution in [0.2, 0.25) is 0 Å². The zero-order valence-corrected chi connectivity index (χ0v) is 17.8. The highest BCUT2D eigenvalue weighted by molar-refractivity contribution is 14.0. The van der Waals surface area contributed by atoms with Gasteiger partial charge in [0.05, 0.1) is 0 Å². The van der Waals surface area contributed by atoms with Crippen molar-refractivity contribution in [3.05, 3.63) is 0 Å². The predicted molar refractivity (Wildman–Crippen MR) is 112 cm³/mol. The Kier molecular flexibility index (Phi) is 8.57. The second-order valence-electron chi connectivity index (χ2n) is 7.60. The lowest BCUT2D eigenvalue weighted by Gasteiger charge is -2.33. The van der Waals surface area contributed by atoms with Gasteiger partial charge in [-0.25, -0.2) is 0 Å². The van der Waals surface area contributed by atoms with Crippen LogP contribution in [-0.2, 0) is 0 Å². The molecular weight excluding hydrogens is 413 g/mol. The monoisotopic (exact) mass is 449 g/mol. The van der Waals surface area contributed by atoms with Crippen molar-refractivity contribution in [2.45, 2.75) is 69.5 Å². The molecule has 1 saturated heterocycles. The third-order valence-corrected chi connectivity index (χ3v) is 5.86. The maximum absolute atomic E-state index is 4.41. The first-order valence-corrected chi connectivity index (χ1v) is 9.67. The first-order chi connectivity index (χ1) is 11.3. The second kappa shape index (κ2) is 10.2. The third-order valence-electron chi connectivity index (χ3n) is 5.86. The van der Waals surface area contributed by atoms with Crippen LogP contribution >= 0.6 is 24.0 Å². The molecule has 0 atom stereocenters. The maximum atomic E-state index is 4.41. The van der Waals surface area contributed by atoms with Gasteiger partial charge in [-0.2, -0.15) is 0 Å². The number of likely N-dealkylation sites (tertiary alicyclic amines) is 1. The van der Waals surface area contributed by atoms with Gasteiger partial charge in [0.1, 0.15) is 0 Å². The van der Waals surface area contributed by atoms with E-state index < -0.39 is 0 Å². The molecule has 1 aliphatic heterocycles. The van der Waals surface area contributed by atoms with E-state index in [0.717, 1.165) is 31.1 Å². The summed E-state index contributed by atoms with van der Waals surface area (Å²) in [4.78, 5) is 9.59. The fourth-order valence-corrected chi connectivity index (χ4v) is 4.11. The summed E-state index contributed by atoms with van der Waals surface area (Å²) in [5.74, 6) is 0.981. The minimum Gasteiger partial charge on any atom is -0.355 e. The normalized spacial score (nSPS) is 24.2. The highest BCUT2D eigenvalue weighted by Gasteiger charge is 2.31. The molecule has 3 aliphatic rings. The molecule has 0 bridgehead atoms. The summed E-state index contributed by atoms with van der Waals surface area (Å²) in [6.45, 7) is 4.59. The Morgan fingerprint density at radius 2 is 1.75 bits per heavy atom. The van der Waals surface area contributed by atoms with Gasteiger partial charge >= 0.3 is 0 Å². The molecule has 0 amide bonds. The largest absolute Gasteiger partial charge is 0.355 e. The van der Waals surface area contributed by atoms with Gasteiger partial charge in [0.25, 0.3) is 0 Å². The van der Waals surface area contributed by atoms with Crippen LogP contribution in [0, 0.1) is 0 Å². The summed E-state index contributed by atoms with van der Waals surface area (Å²) in [5.41, 5.74) is 0. The number of aliphatic imine (C=N–C) groups is 1. The van der Waals surface area contributed by atoms with Gasteiger partial charge in [0.15, 0.2) is 5.96 Å². The van der Waals surface area contributed by atoms with Crippen molar-refractivity contribution < 1.29 is 0 Å². The van der Waals surface area contributed by atoms with Gasteiger partial charge < -0.3 is 20.4 Å². The number of guanidine groups is 1. The van der Waals surface area contributed by atoms with Gasteiger partial charge in [-0.15, -0.1) is 24.0 Å². The molecule has 0 aromatic carbocycles. The fraction of sp³-hybridized carbons (Fsp3) is 0.944. The molecule has 0 radical (unpaired) electrons. The summed E-state index contributed by atoms with van der Waals surface area (Å²) < 4.78 is 0. The lowest BCUT2D eigenvalue weighted by molar-refractivity contribution is 0.197. The highest BCUT2D eigenvalue weighted by atomic mass is 127. The lowest BCUT2D eigenvalue weighted by Crippen LogP contribution is -2.50. The fourth-order valence-electron chi connectivity index (χ4n) is 4.11. The second-order valence-corrected chi connectivity index (χ2v) is 7.60. The smallest absolute Gasteiger partial charge is 0.191 e. The topological polar surface area (TPSA) is 42.9 Å². The average molecular weight is 449 g/mol. The van der Waals surface area contributed by atoms with Crippen molar-refractivity contribution >= 4 is 29.9 Å². The van der Waals surface area contributed by atoms with Crippen LogP contribution < -0.4 is 10.6 Å². The van der Waals surface area contributed by atoms with E-state index >= 15 is 0 Å². The maximum Gasteiger partial charge on any atom is 0.191 e. The van der Waals surface area contributed by atoms with Crippen LogP contribution in [0.25, 0.3) is 0 Å². The van der Waals surface area contributed by atoms with Crippen LogP contribution in [0.5, 0.6) is 0 Å². The number of hydrogen-bond donors (Lipinski definition) is 2. The Balaban J connectivity index is 0.00000208. The Morgan fingerprint density at radius 1 is 1.08 bits per heavy atom. The quantitative estimate of drug-likeness (QED) is 0.371. The number of rotatable bonds is 6. The number of halogens is 1. The van der Waals surface area contributed by atoms with Crippen molar-refractivity contribution in [3.63, 3.8) is 0 Å². The van der Waals surface area contributed by atoms with Crippen molar-refractivity contribution in [2.24, 2.45) is 4.99 Å². The zero-order valence-electron chi connectivity index (χ0n) is 15.5. The molecule has 5 nitrogen and oxygen atoms in total. The molecule has 0 spiro atoms. The Bertz CT molecular complexity index is 385. The van der Waals surface area contributed by atoms with Crippen molar-refractivity contribution in [1.29, 1.82) is 0 Å². The average Bonchev–Trinajstić information content (AvgIpc) is 3.28. The SMILES string of the molecule is CN=C(NCCN(C)C1CCCC1)NC1CCN(C2CC2)CC1.I. The van der Waals surface area contributed by atoms with Crippen LogP contribution in [-0.4, -0.2) is 74.2 Å².